The van der Waals surface area contributed by atoms with Crippen molar-refractivity contribution >= 4 is 27.2 Å². The smallest absolute Gasteiger partial charge is 0.228 e. The van der Waals surface area contributed by atoms with Crippen LogP contribution in [-0.4, -0.2) is 43.4 Å². The summed E-state index contributed by atoms with van der Waals surface area (Å²) in [4.78, 5) is 18.7. The van der Waals surface area contributed by atoms with Crippen molar-refractivity contribution in [2.45, 2.75) is 32.7 Å². The van der Waals surface area contributed by atoms with Crippen molar-refractivity contribution in [2.75, 3.05) is 28.3 Å². The third-order valence-corrected chi connectivity index (χ3v) is 6.55. The number of hydrogen-bond acceptors (Lipinski definition) is 5. The summed E-state index contributed by atoms with van der Waals surface area (Å²) in [6.07, 6.45) is 2.56. The van der Waals surface area contributed by atoms with Crippen LogP contribution in [0.2, 0.25) is 0 Å². The van der Waals surface area contributed by atoms with Gasteiger partial charge in [0, 0.05) is 12.6 Å². The topological polar surface area (TPSA) is 79.4 Å². The lowest BCUT2D eigenvalue weighted by Crippen LogP contribution is -2.36. The molecule has 1 aliphatic rings. The molecular formula is C20H25N3O3S. The number of aryl methyl sites for hydroxylation is 1. The van der Waals surface area contributed by atoms with E-state index in [1.165, 1.54) is 0 Å². The normalized spacial score (nSPS) is 18.2. The highest BCUT2D eigenvalue weighted by atomic mass is 32.2. The maximum Gasteiger partial charge on any atom is 0.228 e. The zero-order valence-electron chi connectivity index (χ0n) is 15.7. The van der Waals surface area contributed by atoms with Crippen molar-refractivity contribution in [1.29, 1.82) is 0 Å². The minimum Gasteiger partial charge on any atom is -0.353 e. The first-order valence-corrected chi connectivity index (χ1v) is 11.0. The van der Waals surface area contributed by atoms with Gasteiger partial charge in [0.2, 0.25) is 5.91 Å². The van der Waals surface area contributed by atoms with Gasteiger partial charge in [0.1, 0.15) is 5.82 Å². The number of pyridine rings is 1. The van der Waals surface area contributed by atoms with E-state index in [0.29, 0.717) is 25.1 Å². The van der Waals surface area contributed by atoms with E-state index in [2.05, 4.69) is 10.3 Å². The van der Waals surface area contributed by atoms with Gasteiger partial charge in [0.15, 0.2) is 9.84 Å². The second kappa shape index (κ2) is 8.08. The summed E-state index contributed by atoms with van der Waals surface area (Å²) in [6, 6.07) is 11.5. The molecule has 0 saturated carbocycles. The first-order chi connectivity index (χ1) is 12.9. The molecule has 6 nitrogen and oxygen atoms in total. The van der Waals surface area contributed by atoms with E-state index in [1.807, 2.05) is 55.1 Å². The van der Waals surface area contributed by atoms with Crippen LogP contribution in [0.1, 0.15) is 24.5 Å². The number of sulfone groups is 1. The SMILES string of the molecule is CCN(c1ccc(NC(=O)Cc2ccc(C)cc2)cn1)C1CCS(=O)(=O)C1. The molecule has 1 N–H and O–H groups in total. The quantitative estimate of drug-likeness (QED) is 0.824. The van der Waals surface area contributed by atoms with Gasteiger partial charge in [0.25, 0.3) is 0 Å². The van der Waals surface area contributed by atoms with Crippen LogP contribution in [0.5, 0.6) is 0 Å². The molecular weight excluding hydrogens is 362 g/mol. The van der Waals surface area contributed by atoms with Crippen molar-refractivity contribution < 1.29 is 13.2 Å². The van der Waals surface area contributed by atoms with E-state index in [-0.39, 0.29) is 23.5 Å². The molecule has 0 radical (unpaired) electrons. The number of rotatable bonds is 6. The van der Waals surface area contributed by atoms with Gasteiger partial charge in [-0.15, -0.1) is 0 Å². The summed E-state index contributed by atoms with van der Waals surface area (Å²) in [7, 11) is -2.94. The molecule has 1 atom stereocenters. The van der Waals surface area contributed by atoms with E-state index >= 15 is 0 Å². The average Bonchev–Trinajstić information content (AvgIpc) is 2.99. The molecule has 0 bridgehead atoms. The molecule has 1 unspecified atom stereocenters. The van der Waals surface area contributed by atoms with Gasteiger partial charge in [-0.05, 0) is 38.0 Å². The Labute approximate surface area is 160 Å². The largest absolute Gasteiger partial charge is 0.353 e. The summed E-state index contributed by atoms with van der Waals surface area (Å²) in [6.45, 7) is 4.69. The van der Waals surface area contributed by atoms with Crippen LogP contribution < -0.4 is 10.2 Å². The van der Waals surface area contributed by atoms with Gasteiger partial charge in [0.05, 0.1) is 29.8 Å². The fourth-order valence-electron chi connectivity index (χ4n) is 3.35. The minimum atomic E-state index is -2.94. The lowest BCUT2D eigenvalue weighted by molar-refractivity contribution is -0.115. The third kappa shape index (κ3) is 5.07. The molecule has 1 aliphatic heterocycles. The number of amides is 1. The number of benzene rings is 1. The molecule has 1 aromatic heterocycles. The summed E-state index contributed by atoms with van der Waals surface area (Å²) < 4.78 is 23.5. The molecule has 3 rings (SSSR count). The minimum absolute atomic E-state index is 0.0329. The van der Waals surface area contributed by atoms with E-state index in [1.54, 1.807) is 6.20 Å². The molecule has 0 spiro atoms. The van der Waals surface area contributed by atoms with Crippen LogP contribution in [0.25, 0.3) is 0 Å². The molecule has 1 amide bonds. The predicted molar refractivity (Wildman–Crippen MR) is 108 cm³/mol. The van der Waals surface area contributed by atoms with Crippen molar-refractivity contribution in [2.24, 2.45) is 0 Å². The first-order valence-electron chi connectivity index (χ1n) is 9.15. The van der Waals surface area contributed by atoms with Gasteiger partial charge < -0.3 is 10.2 Å². The summed E-state index contributed by atoms with van der Waals surface area (Å²) in [5, 5.41) is 2.86. The molecule has 27 heavy (non-hydrogen) atoms. The first kappa shape index (κ1) is 19.4. The molecule has 0 aliphatic carbocycles. The second-order valence-electron chi connectivity index (χ2n) is 6.96. The fourth-order valence-corrected chi connectivity index (χ4v) is 5.09. The van der Waals surface area contributed by atoms with Crippen molar-refractivity contribution in [3.05, 3.63) is 53.7 Å². The summed E-state index contributed by atoms with van der Waals surface area (Å²) in [5.74, 6) is 1.05. The molecule has 7 heteroatoms. The number of carbonyl (C=O) groups excluding carboxylic acids is 1. The monoisotopic (exact) mass is 387 g/mol. The van der Waals surface area contributed by atoms with Crippen LogP contribution in [0.3, 0.4) is 0 Å². The van der Waals surface area contributed by atoms with Crippen LogP contribution in [0.15, 0.2) is 42.6 Å². The highest BCUT2D eigenvalue weighted by Gasteiger charge is 2.32. The van der Waals surface area contributed by atoms with Crippen LogP contribution in [-0.2, 0) is 21.1 Å². The molecule has 144 valence electrons. The highest BCUT2D eigenvalue weighted by molar-refractivity contribution is 7.91. The van der Waals surface area contributed by atoms with E-state index in [4.69, 9.17) is 0 Å². The number of aromatic nitrogens is 1. The van der Waals surface area contributed by atoms with Gasteiger partial charge >= 0.3 is 0 Å². The summed E-state index contributed by atoms with van der Waals surface area (Å²) >= 11 is 0. The highest BCUT2D eigenvalue weighted by Crippen LogP contribution is 2.23. The Kier molecular flexibility index (Phi) is 5.79. The summed E-state index contributed by atoms with van der Waals surface area (Å²) in [5.41, 5.74) is 2.75. The van der Waals surface area contributed by atoms with Gasteiger partial charge in [-0.2, -0.15) is 0 Å². The molecule has 2 aromatic rings. The number of hydrogen-bond donors (Lipinski definition) is 1. The molecule has 1 saturated heterocycles. The number of anilines is 2. The number of carbonyl (C=O) groups is 1. The van der Waals surface area contributed by atoms with Crippen molar-refractivity contribution in [3.8, 4) is 0 Å². The van der Waals surface area contributed by atoms with Gasteiger partial charge in [-0.1, -0.05) is 29.8 Å². The van der Waals surface area contributed by atoms with Gasteiger partial charge in [-0.25, -0.2) is 13.4 Å². The maximum absolute atomic E-state index is 12.2. The van der Waals surface area contributed by atoms with Crippen LogP contribution in [0, 0.1) is 6.92 Å². The fraction of sp³-hybridized carbons (Fsp3) is 0.400. The molecule has 2 heterocycles. The standard InChI is InChI=1S/C20H25N3O3S/c1-3-23(18-10-11-27(25,26)14-18)19-9-8-17(13-21-19)22-20(24)12-16-6-4-15(2)5-7-16/h4-9,13,18H,3,10-12,14H2,1-2H3,(H,22,24). The zero-order valence-corrected chi connectivity index (χ0v) is 16.5. The third-order valence-electron chi connectivity index (χ3n) is 4.80. The van der Waals surface area contributed by atoms with E-state index < -0.39 is 9.84 Å². The Balaban J connectivity index is 1.62. The molecule has 1 aromatic carbocycles. The van der Waals surface area contributed by atoms with E-state index in [9.17, 15) is 13.2 Å². The number of nitrogens with zero attached hydrogens (tertiary/aromatic N) is 2. The van der Waals surface area contributed by atoms with Crippen LogP contribution >= 0.6 is 0 Å². The maximum atomic E-state index is 12.2. The Morgan fingerprint density at radius 1 is 1.22 bits per heavy atom. The van der Waals surface area contributed by atoms with Crippen molar-refractivity contribution in [1.82, 2.24) is 4.98 Å². The number of nitrogens with one attached hydrogen (secondary N) is 1. The van der Waals surface area contributed by atoms with Crippen molar-refractivity contribution in [3.63, 3.8) is 0 Å². The Morgan fingerprint density at radius 2 is 1.96 bits per heavy atom. The van der Waals surface area contributed by atoms with Crippen LogP contribution in [0.4, 0.5) is 11.5 Å². The predicted octanol–water partition coefficient (Wildman–Crippen LogP) is 2.58. The lowest BCUT2D eigenvalue weighted by Gasteiger charge is -2.28. The lowest BCUT2D eigenvalue weighted by atomic mass is 10.1. The Bertz CT molecular complexity index is 893. The molecule has 1 fully saturated rings. The average molecular weight is 388 g/mol. The Morgan fingerprint density at radius 3 is 2.52 bits per heavy atom. The van der Waals surface area contributed by atoms with E-state index in [0.717, 1.165) is 16.9 Å². The van der Waals surface area contributed by atoms with Gasteiger partial charge in [-0.3, -0.25) is 4.79 Å². The zero-order chi connectivity index (χ0) is 19.4. The Hall–Kier alpha value is -2.41. The second-order valence-corrected chi connectivity index (χ2v) is 9.19.